The lowest BCUT2D eigenvalue weighted by molar-refractivity contribution is -0.114. The summed E-state index contributed by atoms with van der Waals surface area (Å²) in [6.07, 6.45) is 3.44. The molecule has 0 aliphatic heterocycles. The highest BCUT2D eigenvalue weighted by Gasteiger charge is 2.12. The Bertz CT molecular complexity index is 407. The van der Waals surface area contributed by atoms with E-state index in [1.54, 1.807) is 17.8 Å². The van der Waals surface area contributed by atoms with Gasteiger partial charge in [0, 0.05) is 12.2 Å². The minimum absolute atomic E-state index is 0.280. The molecule has 2 heteroatoms. The average Bonchev–Trinajstić information content (AvgIpc) is 2.63. The van der Waals surface area contributed by atoms with Gasteiger partial charge in [0.1, 0.15) is 0 Å². The van der Waals surface area contributed by atoms with Crippen molar-refractivity contribution in [3.8, 4) is 0 Å². The number of aryl methyl sites for hydroxylation is 1. The lowest BCUT2D eigenvalue weighted by atomic mass is 10.1. The summed E-state index contributed by atoms with van der Waals surface area (Å²) in [5.41, 5.74) is 2.69. The molecule has 15 heavy (non-hydrogen) atoms. The van der Waals surface area contributed by atoms with E-state index in [9.17, 15) is 4.79 Å². The van der Waals surface area contributed by atoms with Crippen LogP contribution in [0.2, 0.25) is 0 Å². The molecule has 1 aromatic carbocycles. The summed E-state index contributed by atoms with van der Waals surface area (Å²) in [7, 11) is 0. The monoisotopic (exact) mass is 218 g/mol. The van der Waals surface area contributed by atoms with Gasteiger partial charge >= 0.3 is 0 Å². The molecular weight excluding hydrogens is 204 g/mol. The first kappa shape index (κ1) is 10.5. The third-order valence-electron chi connectivity index (χ3n) is 2.61. The third-order valence-corrected chi connectivity index (χ3v) is 3.76. The largest absolute Gasteiger partial charge is 0.295 e. The zero-order chi connectivity index (χ0) is 10.7. The Kier molecular flexibility index (Phi) is 3.27. The van der Waals surface area contributed by atoms with Crippen molar-refractivity contribution in [2.75, 3.05) is 0 Å². The third kappa shape index (κ3) is 2.72. The van der Waals surface area contributed by atoms with Crippen molar-refractivity contribution >= 4 is 17.5 Å². The van der Waals surface area contributed by atoms with E-state index in [4.69, 9.17) is 0 Å². The number of carbonyl (C=O) groups excluding carboxylic acids is 1. The van der Waals surface area contributed by atoms with Crippen LogP contribution in [0.1, 0.15) is 24.0 Å². The molecule has 0 aromatic heterocycles. The molecule has 0 amide bonds. The summed E-state index contributed by atoms with van der Waals surface area (Å²) in [5, 5.41) is 0. The number of thioether (sulfide) groups is 1. The molecule has 2 rings (SSSR count). The second kappa shape index (κ2) is 4.67. The van der Waals surface area contributed by atoms with E-state index in [2.05, 4.69) is 31.2 Å². The molecule has 0 atom stereocenters. The Balaban J connectivity index is 1.97. The van der Waals surface area contributed by atoms with Gasteiger partial charge < -0.3 is 0 Å². The van der Waals surface area contributed by atoms with Gasteiger partial charge in [-0.15, -0.1) is 11.8 Å². The van der Waals surface area contributed by atoms with E-state index >= 15 is 0 Å². The molecule has 0 saturated carbocycles. The van der Waals surface area contributed by atoms with Crippen LogP contribution >= 0.6 is 11.8 Å². The maximum absolute atomic E-state index is 11.0. The summed E-state index contributed by atoms with van der Waals surface area (Å²) in [6, 6.07) is 8.41. The van der Waals surface area contributed by atoms with Crippen molar-refractivity contribution < 1.29 is 4.79 Å². The van der Waals surface area contributed by atoms with Crippen LogP contribution in [0.25, 0.3) is 0 Å². The molecule has 0 radical (unpaired) electrons. The second-order valence-corrected chi connectivity index (χ2v) is 4.89. The number of allylic oxidation sites excluding steroid dienone is 2. The number of hydrogen-bond donors (Lipinski definition) is 0. The van der Waals surface area contributed by atoms with Gasteiger partial charge in [-0.3, -0.25) is 4.79 Å². The summed E-state index contributed by atoms with van der Waals surface area (Å²) >= 11 is 1.80. The molecule has 0 saturated heterocycles. The zero-order valence-electron chi connectivity index (χ0n) is 8.82. The quantitative estimate of drug-likeness (QED) is 0.772. The summed E-state index contributed by atoms with van der Waals surface area (Å²) < 4.78 is 0. The molecule has 1 aromatic rings. The second-order valence-electron chi connectivity index (χ2n) is 3.79. The number of ketones is 1. The topological polar surface area (TPSA) is 17.1 Å². The van der Waals surface area contributed by atoms with E-state index in [0.29, 0.717) is 6.42 Å². The summed E-state index contributed by atoms with van der Waals surface area (Å²) in [5.74, 6) is 1.26. The van der Waals surface area contributed by atoms with Crippen LogP contribution in [-0.4, -0.2) is 5.78 Å². The van der Waals surface area contributed by atoms with Gasteiger partial charge in [-0.1, -0.05) is 24.3 Å². The summed E-state index contributed by atoms with van der Waals surface area (Å²) in [6.45, 7) is 2.13. The van der Waals surface area contributed by atoms with Crippen molar-refractivity contribution in [1.29, 1.82) is 0 Å². The van der Waals surface area contributed by atoms with E-state index in [-0.39, 0.29) is 5.78 Å². The van der Waals surface area contributed by atoms with E-state index in [1.165, 1.54) is 16.0 Å². The average molecular weight is 218 g/mol. The predicted octanol–water partition coefficient (Wildman–Crippen LogP) is 3.48. The molecule has 0 N–H and O–H groups in total. The fraction of sp³-hybridized carbons (Fsp3) is 0.308. The smallest absolute Gasteiger partial charge is 0.156 e. The van der Waals surface area contributed by atoms with Gasteiger partial charge in [-0.05, 0) is 35.5 Å². The molecule has 0 spiro atoms. The maximum Gasteiger partial charge on any atom is 0.156 e. The number of benzene rings is 1. The highest BCUT2D eigenvalue weighted by atomic mass is 32.2. The van der Waals surface area contributed by atoms with Crippen LogP contribution in [0, 0.1) is 6.92 Å². The van der Waals surface area contributed by atoms with E-state index in [0.717, 1.165) is 12.2 Å². The Morgan fingerprint density at radius 2 is 2.07 bits per heavy atom. The number of rotatable bonds is 3. The molecule has 1 aliphatic rings. The van der Waals surface area contributed by atoms with Gasteiger partial charge in [0.15, 0.2) is 5.78 Å². The molecule has 0 bridgehead atoms. The normalized spacial score (nSPS) is 15.5. The lowest BCUT2D eigenvalue weighted by Crippen LogP contribution is -1.85. The minimum Gasteiger partial charge on any atom is -0.295 e. The lowest BCUT2D eigenvalue weighted by Gasteiger charge is -2.05. The molecular formula is C13H14OS. The van der Waals surface area contributed by atoms with Crippen molar-refractivity contribution in [3.05, 3.63) is 46.4 Å². The van der Waals surface area contributed by atoms with Crippen LogP contribution in [0.5, 0.6) is 0 Å². The molecule has 1 aliphatic carbocycles. The van der Waals surface area contributed by atoms with Gasteiger partial charge in [0.05, 0.1) is 0 Å². The van der Waals surface area contributed by atoms with E-state index in [1.807, 2.05) is 0 Å². The Morgan fingerprint density at radius 1 is 1.27 bits per heavy atom. The predicted molar refractivity (Wildman–Crippen MR) is 64.8 cm³/mol. The van der Waals surface area contributed by atoms with Crippen molar-refractivity contribution in [2.24, 2.45) is 0 Å². The van der Waals surface area contributed by atoms with Crippen molar-refractivity contribution in [2.45, 2.75) is 25.5 Å². The standard InChI is InChI=1S/C13H14OS/c1-10-4-2-3-5-11(10)9-15-13-7-6-12(14)8-13/h2-5,8H,6-7,9H2,1H3. The van der Waals surface area contributed by atoms with Gasteiger partial charge in [0.2, 0.25) is 0 Å². The first-order valence-electron chi connectivity index (χ1n) is 5.16. The molecule has 0 unspecified atom stereocenters. The van der Waals surface area contributed by atoms with Crippen molar-refractivity contribution in [3.63, 3.8) is 0 Å². The van der Waals surface area contributed by atoms with Crippen LogP contribution in [0.15, 0.2) is 35.2 Å². The highest BCUT2D eigenvalue weighted by Crippen LogP contribution is 2.30. The zero-order valence-corrected chi connectivity index (χ0v) is 9.64. The fourth-order valence-electron chi connectivity index (χ4n) is 1.63. The first-order chi connectivity index (χ1) is 7.25. The first-order valence-corrected chi connectivity index (χ1v) is 6.15. The molecule has 0 heterocycles. The minimum atomic E-state index is 0.280. The Hall–Kier alpha value is -1.02. The molecule has 1 nitrogen and oxygen atoms in total. The highest BCUT2D eigenvalue weighted by molar-refractivity contribution is 8.02. The van der Waals surface area contributed by atoms with Crippen LogP contribution in [0.3, 0.4) is 0 Å². The maximum atomic E-state index is 11.0. The SMILES string of the molecule is Cc1ccccc1CSC1=CC(=O)CC1. The molecule has 78 valence electrons. The van der Waals surface area contributed by atoms with E-state index < -0.39 is 0 Å². The number of hydrogen-bond acceptors (Lipinski definition) is 2. The van der Waals surface area contributed by atoms with Crippen molar-refractivity contribution in [1.82, 2.24) is 0 Å². The number of carbonyl (C=O) groups is 1. The summed E-state index contributed by atoms with van der Waals surface area (Å²) in [4.78, 5) is 12.3. The Morgan fingerprint density at radius 3 is 2.73 bits per heavy atom. The Labute approximate surface area is 94.6 Å². The van der Waals surface area contributed by atoms with Crippen LogP contribution in [0.4, 0.5) is 0 Å². The fourth-order valence-corrected chi connectivity index (χ4v) is 2.75. The van der Waals surface area contributed by atoms with Crippen LogP contribution < -0.4 is 0 Å². The van der Waals surface area contributed by atoms with Gasteiger partial charge in [-0.2, -0.15) is 0 Å². The molecule has 0 fully saturated rings. The van der Waals surface area contributed by atoms with Crippen LogP contribution in [-0.2, 0) is 10.5 Å². The van der Waals surface area contributed by atoms with Gasteiger partial charge in [0.25, 0.3) is 0 Å². The van der Waals surface area contributed by atoms with Gasteiger partial charge in [-0.25, -0.2) is 0 Å².